The first-order valence-corrected chi connectivity index (χ1v) is 6.91. The van der Waals surface area contributed by atoms with Gasteiger partial charge in [-0.15, -0.1) is 0 Å². The standard InChI is InChI=1S/C15H22N2O2/c1-2-14-12(6-7-19-14)10-17-15(18)9-11-4-3-5-13(16)8-11/h3-5,8,12,14H,2,6-7,9-10,16H2,1H3,(H,17,18). The van der Waals surface area contributed by atoms with Crippen molar-refractivity contribution in [1.29, 1.82) is 0 Å². The van der Waals surface area contributed by atoms with Crippen LogP contribution in [0.5, 0.6) is 0 Å². The van der Waals surface area contributed by atoms with E-state index in [1.807, 2.05) is 24.3 Å². The van der Waals surface area contributed by atoms with Gasteiger partial charge in [0.1, 0.15) is 0 Å². The zero-order valence-corrected chi connectivity index (χ0v) is 11.4. The Labute approximate surface area is 114 Å². The van der Waals surface area contributed by atoms with Crippen molar-refractivity contribution in [1.82, 2.24) is 5.32 Å². The third kappa shape index (κ3) is 3.96. The van der Waals surface area contributed by atoms with Gasteiger partial charge in [0.05, 0.1) is 12.5 Å². The number of nitrogens with one attached hydrogen (secondary N) is 1. The van der Waals surface area contributed by atoms with Gasteiger partial charge < -0.3 is 15.8 Å². The molecule has 1 aromatic carbocycles. The van der Waals surface area contributed by atoms with Crippen molar-refractivity contribution in [3.05, 3.63) is 29.8 Å². The number of anilines is 1. The van der Waals surface area contributed by atoms with E-state index in [2.05, 4.69) is 12.2 Å². The first-order valence-electron chi connectivity index (χ1n) is 6.91. The molecule has 4 nitrogen and oxygen atoms in total. The molecular formula is C15H22N2O2. The lowest BCUT2D eigenvalue weighted by Crippen LogP contribution is -2.33. The van der Waals surface area contributed by atoms with Crippen LogP contribution in [0.25, 0.3) is 0 Å². The molecule has 2 unspecified atom stereocenters. The summed E-state index contributed by atoms with van der Waals surface area (Å²) >= 11 is 0. The van der Waals surface area contributed by atoms with Gasteiger partial charge in [-0.1, -0.05) is 19.1 Å². The SMILES string of the molecule is CCC1OCCC1CNC(=O)Cc1cccc(N)c1. The molecule has 1 heterocycles. The molecule has 19 heavy (non-hydrogen) atoms. The molecule has 1 aliphatic heterocycles. The molecule has 1 saturated heterocycles. The maximum atomic E-state index is 11.9. The van der Waals surface area contributed by atoms with Crippen LogP contribution in [0.4, 0.5) is 5.69 Å². The molecule has 0 aromatic heterocycles. The summed E-state index contributed by atoms with van der Waals surface area (Å²) in [4.78, 5) is 11.9. The number of nitrogen functional groups attached to an aromatic ring is 1. The van der Waals surface area contributed by atoms with Crippen molar-refractivity contribution in [3.63, 3.8) is 0 Å². The zero-order valence-electron chi connectivity index (χ0n) is 11.4. The Bertz CT molecular complexity index is 434. The third-order valence-corrected chi connectivity index (χ3v) is 3.63. The van der Waals surface area contributed by atoms with Crippen LogP contribution in [0.15, 0.2) is 24.3 Å². The van der Waals surface area contributed by atoms with Crippen LogP contribution in [0, 0.1) is 5.92 Å². The average Bonchev–Trinajstić information content (AvgIpc) is 2.83. The van der Waals surface area contributed by atoms with Crippen LogP contribution < -0.4 is 11.1 Å². The van der Waals surface area contributed by atoms with Gasteiger partial charge in [0.2, 0.25) is 5.91 Å². The molecule has 0 radical (unpaired) electrons. The molecule has 2 rings (SSSR count). The molecule has 4 heteroatoms. The van der Waals surface area contributed by atoms with Gasteiger partial charge in [-0.3, -0.25) is 4.79 Å². The average molecular weight is 262 g/mol. The maximum absolute atomic E-state index is 11.9. The van der Waals surface area contributed by atoms with Gasteiger partial charge >= 0.3 is 0 Å². The summed E-state index contributed by atoms with van der Waals surface area (Å²) < 4.78 is 5.61. The lowest BCUT2D eigenvalue weighted by Gasteiger charge is -2.17. The second-order valence-electron chi connectivity index (χ2n) is 5.09. The van der Waals surface area contributed by atoms with Crippen LogP contribution in [0.1, 0.15) is 25.3 Å². The largest absolute Gasteiger partial charge is 0.399 e. The molecule has 0 spiro atoms. The molecule has 0 aliphatic carbocycles. The van der Waals surface area contributed by atoms with Gasteiger partial charge in [-0.25, -0.2) is 0 Å². The van der Waals surface area contributed by atoms with Crippen molar-refractivity contribution >= 4 is 11.6 Å². The highest BCUT2D eigenvalue weighted by Crippen LogP contribution is 2.22. The van der Waals surface area contributed by atoms with Gasteiger partial charge in [0.15, 0.2) is 0 Å². The van der Waals surface area contributed by atoms with E-state index in [1.54, 1.807) is 0 Å². The second kappa shape index (κ2) is 6.57. The molecule has 1 fully saturated rings. The molecule has 2 atom stereocenters. The highest BCUT2D eigenvalue weighted by atomic mass is 16.5. The minimum absolute atomic E-state index is 0.0485. The van der Waals surface area contributed by atoms with E-state index >= 15 is 0 Å². The number of carbonyl (C=O) groups is 1. The number of hydrogen-bond acceptors (Lipinski definition) is 3. The van der Waals surface area contributed by atoms with E-state index in [4.69, 9.17) is 10.5 Å². The Morgan fingerprint density at radius 1 is 1.53 bits per heavy atom. The van der Waals surface area contributed by atoms with Crippen molar-refractivity contribution in [2.24, 2.45) is 5.92 Å². The summed E-state index contributed by atoms with van der Waals surface area (Å²) in [5.41, 5.74) is 7.34. The predicted molar refractivity (Wildman–Crippen MR) is 75.7 cm³/mol. The number of amides is 1. The van der Waals surface area contributed by atoms with E-state index in [0.717, 1.165) is 25.0 Å². The van der Waals surface area contributed by atoms with Crippen molar-refractivity contribution in [3.8, 4) is 0 Å². The van der Waals surface area contributed by atoms with Gasteiger partial charge in [-0.2, -0.15) is 0 Å². The molecule has 3 N–H and O–H groups in total. The molecular weight excluding hydrogens is 240 g/mol. The van der Waals surface area contributed by atoms with Crippen LogP contribution in [-0.2, 0) is 16.0 Å². The number of nitrogens with two attached hydrogens (primary N) is 1. The van der Waals surface area contributed by atoms with Gasteiger partial charge in [0.25, 0.3) is 0 Å². The Kier molecular flexibility index (Phi) is 4.80. The summed E-state index contributed by atoms with van der Waals surface area (Å²) in [7, 11) is 0. The highest BCUT2D eigenvalue weighted by Gasteiger charge is 2.26. The maximum Gasteiger partial charge on any atom is 0.224 e. The fourth-order valence-corrected chi connectivity index (χ4v) is 2.57. The molecule has 1 aromatic rings. The predicted octanol–water partition coefficient (Wildman–Crippen LogP) is 1.74. The summed E-state index contributed by atoms with van der Waals surface area (Å²) in [6.45, 7) is 3.64. The third-order valence-electron chi connectivity index (χ3n) is 3.63. The summed E-state index contributed by atoms with van der Waals surface area (Å²) in [5.74, 6) is 0.502. The summed E-state index contributed by atoms with van der Waals surface area (Å²) in [6, 6.07) is 7.45. The van der Waals surface area contributed by atoms with Crippen molar-refractivity contribution in [2.45, 2.75) is 32.3 Å². The number of benzene rings is 1. The second-order valence-corrected chi connectivity index (χ2v) is 5.09. The van der Waals surface area contributed by atoms with E-state index in [-0.39, 0.29) is 5.91 Å². The zero-order chi connectivity index (χ0) is 13.7. The number of carbonyl (C=O) groups excluding carboxylic acids is 1. The lowest BCUT2D eigenvalue weighted by molar-refractivity contribution is -0.120. The lowest BCUT2D eigenvalue weighted by atomic mass is 9.99. The molecule has 0 saturated carbocycles. The van der Waals surface area contributed by atoms with E-state index < -0.39 is 0 Å². The minimum atomic E-state index is 0.0485. The normalized spacial score (nSPS) is 22.4. The minimum Gasteiger partial charge on any atom is -0.399 e. The van der Waals surface area contributed by atoms with Crippen LogP contribution in [0.3, 0.4) is 0 Å². The van der Waals surface area contributed by atoms with Crippen LogP contribution in [-0.4, -0.2) is 25.2 Å². The van der Waals surface area contributed by atoms with E-state index in [9.17, 15) is 4.79 Å². The van der Waals surface area contributed by atoms with E-state index in [1.165, 1.54) is 0 Å². The summed E-state index contributed by atoms with van der Waals surface area (Å²) in [5, 5.41) is 3.00. The Morgan fingerprint density at radius 3 is 3.11 bits per heavy atom. The topological polar surface area (TPSA) is 64.3 Å². The smallest absolute Gasteiger partial charge is 0.224 e. The Balaban J connectivity index is 1.78. The molecule has 1 aliphatic rings. The van der Waals surface area contributed by atoms with E-state index in [0.29, 0.717) is 30.7 Å². The van der Waals surface area contributed by atoms with Gasteiger partial charge in [0, 0.05) is 24.8 Å². The molecule has 0 bridgehead atoms. The van der Waals surface area contributed by atoms with Crippen molar-refractivity contribution < 1.29 is 9.53 Å². The quantitative estimate of drug-likeness (QED) is 0.794. The monoisotopic (exact) mass is 262 g/mol. The first kappa shape index (κ1) is 13.9. The van der Waals surface area contributed by atoms with Crippen LogP contribution >= 0.6 is 0 Å². The Morgan fingerprint density at radius 2 is 2.37 bits per heavy atom. The Hall–Kier alpha value is -1.55. The molecule has 1 amide bonds. The first-order chi connectivity index (χ1) is 9.19. The summed E-state index contributed by atoms with van der Waals surface area (Å²) in [6.07, 6.45) is 2.73. The number of ether oxygens (including phenoxy) is 1. The fourth-order valence-electron chi connectivity index (χ4n) is 2.57. The fraction of sp³-hybridized carbons (Fsp3) is 0.533. The number of hydrogen-bond donors (Lipinski definition) is 2. The van der Waals surface area contributed by atoms with Crippen molar-refractivity contribution in [2.75, 3.05) is 18.9 Å². The molecule has 104 valence electrons. The highest BCUT2D eigenvalue weighted by molar-refractivity contribution is 5.78. The number of rotatable bonds is 5. The van der Waals surface area contributed by atoms with Gasteiger partial charge in [-0.05, 0) is 30.5 Å². The van der Waals surface area contributed by atoms with Crippen LogP contribution in [0.2, 0.25) is 0 Å².